The maximum Gasteiger partial charge on any atom is 0.337 e. The van der Waals surface area contributed by atoms with Gasteiger partial charge in [-0.3, -0.25) is 4.79 Å². The van der Waals surface area contributed by atoms with Crippen LogP contribution in [-0.4, -0.2) is 39.3 Å². The van der Waals surface area contributed by atoms with Crippen LogP contribution in [0.5, 0.6) is 11.5 Å². The molecule has 0 bridgehead atoms. The molecule has 1 aromatic carbocycles. The molecule has 2 N–H and O–H groups in total. The van der Waals surface area contributed by atoms with Crippen LogP contribution in [0.4, 0.5) is 0 Å². The number of aromatic hydroxyl groups is 1. The van der Waals surface area contributed by atoms with Crippen molar-refractivity contribution in [1.82, 2.24) is 4.98 Å². The van der Waals surface area contributed by atoms with E-state index in [1.165, 1.54) is 13.1 Å². The molecule has 6 nitrogen and oxygen atoms in total. The van der Waals surface area contributed by atoms with Crippen molar-refractivity contribution >= 4 is 23.5 Å². The number of aromatic nitrogens is 1. The molecule has 1 heterocycles. The molecule has 0 amide bonds. The van der Waals surface area contributed by atoms with Crippen molar-refractivity contribution in [2.45, 2.75) is 45.1 Å². The van der Waals surface area contributed by atoms with E-state index in [1.807, 2.05) is 13.8 Å². The van der Waals surface area contributed by atoms with Crippen molar-refractivity contribution in [3.8, 4) is 11.5 Å². The number of carbonyl (C=O) groups excluding carboxylic acids is 1. The van der Waals surface area contributed by atoms with Gasteiger partial charge in [-0.05, 0) is 50.5 Å². The number of carboxylic acid groups (broad SMARTS) is 1. The first-order chi connectivity index (χ1) is 13.3. The molecule has 0 unspecified atom stereocenters. The van der Waals surface area contributed by atoms with Crippen molar-refractivity contribution < 1.29 is 24.5 Å². The van der Waals surface area contributed by atoms with E-state index in [-0.39, 0.29) is 17.1 Å². The van der Waals surface area contributed by atoms with Crippen molar-refractivity contribution in [2.24, 2.45) is 0 Å². The number of phenolic OH excluding ortho intramolecular Hbond substituents is 1. The summed E-state index contributed by atoms with van der Waals surface area (Å²) in [6, 6.07) is 4.95. The number of phenols is 1. The molecule has 0 aliphatic heterocycles. The zero-order valence-electron chi connectivity index (χ0n) is 16.3. The van der Waals surface area contributed by atoms with E-state index in [0.717, 1.165) is 29.2 Å². The Bertz CT molecular complexity index is 866. The Hall–Kier alpha value is -2.54. The molecule has 0 atom stereocenters. The lowest BCUT2D eigenvalue weighted by Gasteiger charge is -2.14. The minimum Gasteiger partial charge on any atom is -0.507 e. The summed E-state index contributed by atoms with van der Waals surface area (Å²) in [6.45, 7) is 5.75. The van der Waals surface area contributed by atoms with Crippen LogP contribution in [-0.2, 0) is 6.42 Å². The number of pyridine rings is 1. The van der Waals surface area contributed by atoms with Gasteiger partial charge in [0.1, 0.15) is 11.5 Å². The number of hydrogen-bond donors (Lipinski definition) is 2. The Morgan fingerprint density at radius 2 is 2.04 bits per heavy atom. The zero-order chi connectivity index (χ0) is 20.7. The van der Waals surface area contributed by atoms with Crippen molar-refractivity contribution in [2.75, 3.05) is 12.4 Å². The first-order valence-electron chi connectivity index (χ1n) is 9.16. The predicted octanol–water partition coefficient (Wildman–Crippen LogP) is 4.51. The minimum atomic E-state index is -0.984. The Labute approximate surface area is 169 Å². The van der Waals surface area contributed by atoms with Gasteiger partial charge in [0.15, 0.2) is 5.78 Å². The van der Waals surface area contributed by atoms with Crippen LogP contribution >= 0.6 is 11.8 Å². The number of aryl methyl sites for hydroxylation is 1. The number of ketones is 1. The Morgan fingerprint density at radius 1 is 1.29 bits per heavy atom. The Kier molecular flexibility index (Phi) is 7.87. The standard InChI is InChI=1S/C21H25NO5S/c1-4-6-17-18(8-7-16(14(3)23)19(17)24)27-9-5-10-28-20-13(2)11-15(12-22-20)21(25)26/h7-8,11-12,24H,4-6,9-10H2,1-3H3,(H,25,26). The van der Waals surface area contributed by atoms with Crippen LogP contribution in [0.1, 0.15) is 58.5 Å². The number of hydrogen-bond acceptors (Lipinski definition) is 6. The van der Waals surface area contributed by atoms with Gasteiger partial charge in [-0.25, -0.2) is 9.78 Å². The highest BCUT2D eigenvalue weighted by Gasteiger charge is 2.16. The second kappa shape index (κ2) is 10.1. The molecule has 0 spiro atoms. The highest BCUT2D eigenvalue weighted by Crippen LogP contribution is 2.33. The van der Waals surface area contributed by atoms with Crippen LogP contribution in [0.25, 0.3) is 0 Å². The SMILES string of the molecule is CCCc1c(OCCCSc2ncc(C(=O)O)cc2C)ccc(C(C)=O)c1O. The van der Waals surface area contributed by atoms with Crippen LogP contribution in [0, 0.1) is 6.92 Å². The van der Waals surface area contributed by atoms with E-state index >= 15 is 0 Å². The lowest BCUT2D eigenvalue weighted by molar-refractivity contribution is 0.0696. The minimum absolute atomic E-state index is 0.0135. The lowest BCUT2D eigenvalue weighted by atomic mass is 10.0. The number of Topliss-reactive ketones (excluding diaryl/α,β-unsaturated/α-hetero) is 1. The average molecular weight is 404 g/mol. The number of carbonyl (C=O) groups is 2. The molecule has 150 valence electrons. The van der Waals surface area contributed by atoms with E-state index in [0.29, 0.717) is 29.9 Å². The number of rotatable bonds is 10. The van der Waals surface area contributed by atoms with Crippen molar-refractivity contribution in [1.29, 1.82) is 0 Å². The number of nitrogens with zero attached hydrogens (tertiary/aromatic N) is 1. The zero-order valence-corrected chi connectivity index (χ0v) is 17.1. The van der Waals surface area contributed by atoms with Crippen LogP contribution < -0.4 is 4.74 Å². The largest absolute Gasteiger partial charge is 0.507 e. The monoisotopic (exact) mass is 403 g/mol. The highest BCUT2D eigenvalue weighted by molar-refractivity contribution is 7.99. The highest BCUT2D eigenvalue weighted by atomic mass is 32.2. The fraction of sp³-hybridized carbons (Fsp3) is 0.381. The number of thioether (sulfide) groups is 1. The van der Waals surface area contributed by atoms with E-state index in [2.05, 4.69) is 4.98 Å². The van der Waals surface area contributed by atoms with Gasteiger partial charge in [0.2, 0.25) is 0 Å². The molecular formula is C21H25NO5S. The summed E-state index contributed by atoms with van der Waals surface area (Å²) in [5, 5.41) is 20.1. The van der Waals surface area contributed by atoms with E-state index in [4.69, 9.17) is 9.84 Å². The molecule has 0 aliphatic carbocycles. The van der Waals surface area contributed by atoms with Gasteiger partial charge in [0, 0.05) is 17.5 Å². The van der Waals surface area contributed by atoms with Crippen molar-refractivity contribution in [3.05, 3.63) is 46.6 Å². The van der Waals surface area contributed by atoms with E-state index < -0.39 is 5.97 Å². The summed E-state index contributed by atoms with van der Waals surface area (Å²) in [4.78, 5) is 26.8. The quantitative estimate of drug-likeness (QED) is 0.342. The number of carboxylic acids is 1. The van der Waals surface area contributed by atoms with Gasteiger partial charge < -0.3 is 14.9 Å². The lowest BCUT2D eigenvalue weighted by Crippen LogP contribution is -2.04. The Morgan fingerprint density at radius 3 is 2.64 bits per heavy atom. The molecule has 7 heteroatoms. The summed E-state index contributed by atoms with van der Waals surface area (Å²) in [5.74, 6) is 0.229. The van der Waals surface area contributed by atoms with Crippen LogP contribution in [0.2, 0.25) is 0 Å². The van der Waals surface area contributed by atoms with Crippen molar-refractivity contribution in [3.63, 3.8) is 0 Å². The number of benzene rings is 1. The summed E-state index contributed by atoms with van der Waals surface area (Å²) >= 11 is 1.55. The molecule has 2 rings (SSSR count). The normalized spacial score (nSPS) is 10.7. The number of ether oxygens (including phenoxy) is 1. The second-order valence-electron chi connectivity index (χ2n) is 6.45. The van der Waals surface area contributed by atoms with E-state index in [1.54, 1.807) is 30.0 Å². The van der Waals surface area contributed by atoms with Gasteiger partial charge in [0.05, 0.1) is 22.8 Å². The summed E-state index contributed by atoms with van der Waals surface area (Å²) < 4.78 is 5.84. The molecule has 0 fully saturated rings. The van der Waals surface area contributed by atoms with Gasteiger partial charge in [0.25, 0.3) is 0 Å². The van der Waals surface area contributed by atoms with Crippen LogP contribution in [0.3, 0.4) is 0 Å². The fourth-order valence-corrected chi connectivity index (χ4v) is 3.64. The first-order valence-corrected chi connectivity index (χ1v) is 10.1. The maximum absolute atomic E-state index is 11.6. The molecule has 0 radical (unpaired) electrons. The smallest absolute Gasteiger partial charge is 0.337 e. The van der Waals surface area contributed by atoms with Gasteiger partial charge in [-0.2, -0.15) is 0 Å². The third kappa shape index (κ3) is 5.48. The fourth-order valence-electron chi connectivity index (χ4n) is 2.77. The Balaban J connectivity index is 1.92. The van der Waals surface area contributed by atoms with E-state index in [9.17, 15) is 14.7 Å². The number of aromatic carboxylic acids is 1. The predicted molar refractivity (Wildman–Crippen MR) is 109 cm³/mol. The molecule has 28 heavy (non-hydrogen) atoms. The van der Waals surface area contributed by atoms with Gasteiger partial charge in [-0.1, -0.05) is 13.3 Å². The summed E-state index contributed by atoms with van der Waals surface area (Å²) in [6.07, 6.45) is 3.59. The topological polar surface area (TPSA) is 96.7 Å². The molecule has 2 aromatic rings. The second-order valence-corrected chi connectivity index (χ2v) is 7.53. The molecule has 0 aliphatic rings. The third-order valence-electron chi connectivity index (χ3n) is 4.18. The molecule has 0 saturated carbocycles. The molecule has 1 aromatic heterocycles. The summed E-state index contributed by atoms with van der Waals surface area (Å²) in [5.41, 5.74) is 2.01. The molecule has 0 saturated heterocycles. The third-order valence-corrected chi connectivity index (χ3v) is 5.37. The average Bonchev–Trinajstić information content (AvgIpc) is 2.64. The first kappa shape index (κ1) is 21.8. The van der Waals surface area contributed by atoms with Gasteiger partial charge in [-0.15, -0.1) is 11.8 Å². The maximum atomic E-state index is 11.6. The summed E-state index contributed by atoms with van der Waals surface area (Å²) in [7, 11) is 0. The van der Waals surface area contributed by atoms with Gasteiger partial charge >= 0.3 is 5.97 Å². The molecular weight excluding hydrogens is 378 g/mol. The van der Waals surface area contributed by atoms with Crippen LogP contribution in [0.15, 0.2) is 29.4 Å².